The highest BCUT2D eigenvalue weighted by Crippen LogP contribution is 2.42. The zero-order chi connectivity index (χ0) is 16.0. The molecule has 128 valence electrons. The van der Waals surface area contributed by atoms with Crippen LogP contribution in [-0.4, -0.2) is 57.1 Å². The van der Waals surface area contributed by atoms with E-state index in [1.165, 1.54) is 37.9 Å². The van der Waals surface area contributed by atoms with Gasteiger partial charge in [-0.15, -0.1) is 0 Å². The van der Waals surface area contributed by atoms with Crippen molar-refractivity contribution in [2.75, 3.05) is 31.9 Å². The number of thioether (sulfide) groups is 1. The van der Waals surface area contributed by atoms with E-state index >= 15 is 0 Å². The molecule has 0 aromatic carbocycles. The molecule has 6 heteroatoms. The maximum Gasteiger partial charge on any atom is 0.194 e. The summed E-state index contributed by atoms with van der Waals surface area (Å²) in [4.78, 5) is 11.5. The van der Waals surface area contributed by atoms with Gasteiger partial charge in [0.2, 0.25) is 0 Å². The van der Waals surface area contributed by atoms with Gasteiger partial charge in [-0.2, -0.15) is 11.8 Å². The first-order valence-corrected chi connectivity index (χ1v) is 9.93. The van der Waals surface area contributed by atoms with Crippen LogP contribution in [0.4, 0.5) is 0 Å². The number of imidazole rings is 1. The summed E-state index contributed by atoms with van der Waals surface area (Å²) in [6.45, 7) is 7.05. The van der Waals surface area contributed by atoms with Crippen LogP contribution in [-0.2, 0) is 6.54 Å². The van der Waals surface area contributed by atoms with Crippen LogP contribution in [0.1, 0.15) is 39.0 Å². The molecular formula is C17H29N5S. The average Bonchev–Trinajstić information content (AvgIpc) is 3.08. The van der Waals surface area contributed by atoms with E-state index in [1.54, 1.807) is 0 Å². The van der Waals surface area contributed by atoms with Crippen LogP contribution in [0.3, 0.4) is 0 Å². The van der Waals surface area contributed by atoms with Gasteiger partial charge in [0.25, 0.3) is 0 Å². The van der Waals surface area contributed by atoms with Gasteiger partial charge in [0.1, 0.15) is 0 Å². The summed E-state index contributed by atoms with van der Waals surface area (Å²) in [6.07, 6.45) is 12.6. The summed E-state index contributed by atoms with van der Waals surface area (Å²) >= 11 is 2.21. The van der Waals surface area contributed by atoms with E-state index in [2.05, 4.69) is 38.5 Å². The van der Waals surface area contributed by atoms with Crippen molar-refractivity contribution in [1.82, 2.24) is 19.8 Å². The van der Waals surface area contributed by atoms with Crippen molar-refractivity contribution in [2.24, 2.45) is 4.99 Å². The topological polar surface area (TPSA) is 45.5 Å². The van der Waals surface area contributed by atoms with Crippen molar-refractivity contribution in [2.45, 2.75) is 50.3 Å². The molecule has 5 nitrogen and oxygen atoms in total. The fraction of sp³-hybridized carbons (Fsp3) is 0.765. The summed E-state index contributed by atoms with van der Waals surface area (Å²) in [5.41, 5.74) is 0. The van der Waals surface area contributed by atoms with E-state index in [-0.39, 0.29) is 0 Å². The lowest BCUT2D eigenvalue weighted by Gasteiger charge is -2.45. The Kier molecular flexibility index (Phi) is 5.86. The van der Waals surface area contributed by atoms with Gasteiger partial charge in [0.15, 0.2) is 5.96 Å². The summed E-state index contributed by atoms with van der Waals surface area (Å²) in [5, 5.41) is 3.50. The minimum atomic E-state index is 0.483. The normalized spacial score (nSPS) is 21.6. The van der Waals surface area contributed by atoms with Gasteiger partial charge in [0.05, 0.1) is 12.9 Å². The summed E-state index contributed by atoms with van der Waals surface area (Å²) in [7, 11) is 0. The highest BCUT2D eigenvalue weighted by Gasteiger charge is 2.38. The maximum atomic E-state index is 4.86. The minimum Gasteiger partial charge on any atom is -0.357 e. The van der Waals surface area contributed by atoms with Crippen molar-refractivity contribution in [3.8, 4) is 0 Å². The van der Waals surface area contributed by atoms with E-state index in [0.717, 1.165) is 38.7 Å². The van der Waals surface area contributed by atoms with E-state index < -0.39 is 0 Å². The maximum absolute atomic E-state index is 4.86. The molecule has 1 spiro atoms. The van der Waals surface area contributed by atoms with Gasteiger partial charge in [-0.1, -0.05) is 19.3 Å². The molecule has 0 amide bonds. The quantitative estimate of drug-likeness (QED) is 0.679. The van der Waals surface area contributed by atoms with E-state index in [9.17, 15) is 0 Å². The second-order valence-electron chi connectivity index (χ2n) is 6.55. The first-order valence-electron chi connectivity index (χ1n) is 8.94. The monoisotopic (exact) mass is 335 g/mol. The molecule has 3 rings (SSSR count). The third-order valence-electron chi connectivity index (χ3n) is 4.83. The van der Waals surface area contributed by atoms with Gasteiger partial charge in [-0.25, -0.2) is 4.98 Å². The zero-order valence-electron chi connectivity index (χ0n) is 14.2. The highest BCUT2D eigenvalue weighted by atomic mass is 32.2. The smallest absolute Gasteiger partial charge is 0.194 e. The predicted molar refractivity (Wildman–Crippen MR) is 98.1 cm³/mol. The fourth-order valence-electron chi connectivity index (χ4n) is 3.64. The highest BCUT2D eigenvalue weighted by molar-refractivity contribution is 8.00. The molecule has 2 aliphatic rings. The van der Waals surface area contributed by atoms with Crippen molar-refractivity contribution in [3.63, 3.8) is 0 Å². The fourth-order valence-corrected chi connectivity index (χ4v) is 5.21. The summed E-state index contributed by atoms with van der Waals surface area (Å²) < 4.78 is 2.57. The number of hydrogen-bond acceptors (Lipinski definition) is 3. The lowest BCUT2D eigenvalue weighted by molar-refractivity contribution is 0.293. The molecule has 1 aromatic rings. The van der Waals surface area contributed by atoms with Crippen molar-refractivity contribution < 1.29 is 0 Å². The van der Waals surface area contributed by atoms with E-state index in [0.29, 0.717) is 4.75 Å². The van der Waals surface area contributed by atoms with Crippen LogP contribution in [0.15, 0.2) is 23.7 Å². The largest absolute Gasteiger partial charge is 0.357 e. The third kappa shape index (κ3) is 4.43. The molecule has 1 saturated heterocycles. The zero-order valence-corrected chi connectivity index (χ0v) is 15.0. The number of nitrogens with one attached hydrogen (secondary N) is 1. The summed E-state index contributed by atoms with van der Waals surface area (Å²) in [6, 6.07) is 0. The number of guanidine groups is 1. The van der Waals surface area contributed by atoms with E-state index in [4.69, 9.17) is 4.99 Å². The molecule has 1 saturated carbocycles. The van der Waals surface area contributed by atoms with Gasteiger partial charge in [-0.05, 0) is 19.8 Å². The molecule has 2 heterocycles. The molecule has 0 atom stereocenters. The summed E-state index contributed by atoms with van der Waals surface area (Å²) in [5.74, 6) is 2.32. The Balaban J connectivity index is 1.62. The number of rotatable bonds is 4. The van der Waals surface area contributed by atoms with E-state index in [1.807, 2.05) is 18.7 Å². The number of aromatic nitrogens is 2. The second-order valence-corrected chi connectivity index (χ2v) is 8.11. The van der Waals surface area contributed by atoms with Crippen LogP contribution in [0.2, 0.25) is 0 Å². The predicted octanol–water partition coefficient (Wildman–Crippen LogP) is 2.60. The van der Waals surface area contributed by atoms with Crippen molar-refractivity contribution >= 4 is 17.7 Å². The SMILES string of the molecule is CCNC(=NCCn1ccnc1)N1CCSC2(CCCCC2)C1. The number of hydrogen-bond donors (Lipinski definition) is 1. The molecular weight excluding hydrogens is 306 g/mol. The molecule has 1 aliphatic heterocycles. The Morgan fingerprint density at radius 3 is 2.96 bits per heavy atom. The molecule has 1 aromatic heterocycles. The molecule has 1 N–H and O–H groups in total. The molecule has 0 unspecified atom stereocenters. The van der Waals surface area contributed by atoms with Gasteiger partial charge >= 0.3 is 0 Å². The molecule has 0 radical (unpaired) electrons. The molecule has 0 bridgehead atoms. The Morgan fingerprint density at radius 1 is 1.35 bits per heavy atom. The van der Waals surface area contributed by atoms with Crippen LogP contribution in [0, 0.1) is 0 Å². The van der Waals surface area contributed by atoms with Gasteiger partial charge < -0.3 is 14.8 Å². The van der Waals surface area contributed by atoms with Crippen molar-refractivity contribution in [3.05, 3.63) is 18.7 Å². The Morgan fingerprint density at radius 2 is 2.22 bits per heavy atom. The Bertz CT molecular complexity index is 488. The first kappa shape index (κ1) is 16.7. The van der Waals surface area contributed by atoms with Crippen LogP contribution in [0.5, 0.6) is 0 Å². The van der Waals surface area contributed by atoms with Crippen LogP contribution in [0.25, 0.3) is 0 Å². The number of nitrogens with zero attached hydrogens (tertiary/aromatic N) is 4. The van der Waals surface area contributed by atoms with Gasteiger partial charge in [0, 0.05) is 49.1 Å². The number of aliphatic imine (C=N–C) groups is 1. The second kappa shape index (κ2) is 8.08. The lowest BCUT2D eigenvalue weighted by Crippen LogP contribution is -2.53. The third-order valence-corrected chi connectivity index (χ3v) is 6.36. The molecule has 23 heavy (non-hydrogen) atoms. The minimum absolute atomic E-state index is 0.483. The first-order chi connectivity index (χ1) is 11.3. The van der Waals surface area contributed by atoms with Crippen LogP contribution >= 0.6 is 11.8 Å². The van der Waals surface area contributed by atoms with Crippen molar-refractivity contribution in [1.29, 1.82) is 0 Å². The Labute approximate surface area is 143 Å². The average molecular weight is 336 g/mol. The molecule has 2 fully saturated rings. The van der Waals surface area contributed by atoms with Gasteiger partial charge in [-0.3, -0.25) is 4.99 Å². The Hall–Kier alpha value is -1.17. The van der Waals surface area contributed by atoms with Crippen LogP contribution < -0.4 is 5.32 Å². The lowest BCUT2D eigenvalue weighted by atomic mass is 9.87. The standard InChI is InChI=1S/C17H29N5S/c1-2-19-16(20-9-11-21-10-8-18-15-21)22-12-13-23-17(14-22)6-4-3-5-7-17/h8,10,15H,2-7,9,11-14H2,1H3,(H,19,20). The molecule has 1 aliphatic carbocycles.